The summed E-state index contributed by atoms with van der Waals surface area (Å²) in [7, 11) is 0. The van der Waals surface area contributed by atoms with Gasteiger partial charge in [-0.3, -0.25) is 4.98 Å². The van der Waals surface area contributed by atoms with E-state index >= 15 is 0 Å². The number of aromatic nitrogens is 2. The number of halogens is 1. The van der Waals surface area contributed by atoms with E-state index in [1.165, 1.54) is 12.3 Å². The first-order valence-corrected chi connectivity index (χ1v) is 5.71. The maximum Gasteiger partial charge on any atom is 0.148 e. The van der Waals surface area contributed by atoms with Crippen LogP contribution in [0.2, 0.25) is 0 Å². The van der Waals surface area contributed by atoms with Gasteiger partial charge in [0.05, 0.1) is 22.9 Å². The van der Waals surface area contributed by atoms with Crippen molar-refractivity contribution in [3.63, 3.8) is 0 Å². The molecule has 88 valence electrons. The number of nitrogens with zero attached hydrogens (tertiary/aromatic N) is 3. The van der Waals surface area contributed by atoms with Crippen LogP contribution in [0.15, 0.2) is 18.3 Å². The number of hydrogen-bond donors (Lipinski definition) is 1. The standard InChI is InChI=1S/C12H13FN4/c13-8-5-9-10(16-12(14)7-15-9)6-11(8)17-3-1-2-4-17/h5-7H,1-4H2,(H2,14,16). The molecule has 0 radical (unpaired) electrons. The predicted molar refractivity (Wildman–Crippen MR) is 65.4 cm³/mol. The topological polar surface area (TPSA) is 55.0 Å². The highest BCUT2D eigenvalue weighted by atomic mass is 19.1. The van der Waals surface area contributed by atoms with Gasteiger partial charge in [0, 0.05) is 19.2 Å². The third kappa shape index (κ3) is 1.77. The van der Waals surface area contributed by atoms with Gasteiger partial charge in [-0.25, -0.2) is 9.37 Å². The molecule has 1 aromatic carbocycles. The van der Waals surface area contributed by atoms with Gasteiger partial charge in [0.1, 0.15) is 11.6 Å². The van der Waals surface area contributed by atoms with Crippen LogP contribution in [-0.4, -0.2) is 23.1 Å². The Morgan fingerprint density at radius 3 is 2.71 bits per heavy atom. The molecule has 0 amide bonds. The molecule has 2 N–H and O–H groups in total. The molecule has 3 rings (SSSR count). The quantitative estimate of drug-likeness (QED) is 0.816. The molecule has 0 atom stereocenters. The molecular formula is C12H13FN4. The number of fused-ring (bicyclic) bond motifs is 1. The fourth-order valence-electron chi connectivity index (χ4n) is 2.24. The van der Waals surface area contributed by atoms with E-state index in [4.69, 9.17) is 5.73 Å². The Bertz CT molecular complexity index is 564. The highest BCUT2D eigenvalue weighted by Crippen LogP contribution is 2.27. The minimum Gasteiger partial charge on any atom is -0.382 e. The van der Waals surface area contributed by atoms with Crippen LogP contribution in [0.1, 0.15) is 12.8 Å². The Kier molecular flexibility index (Phi) is 2.31. The molecule has 0 saturated carbocycles. The molecule has 2 aromatic rings. The van der Waals surface area contributed by atoms with Crippen molar-refractivity contribution in [3.8, 4) is 0 Å². The van der Waals surface area contributed by atoms with Gasteiger partial charge >= 0.3 is 0 Å². The summed E-state index contributed by atoms with van der Waals surface area (Å²) in [6, 6.07) is 3.16. The van der Waals surface area contributed by atoms with Crippen molar-refractivity contribution in [3.05, 3.63) is 24.1 Å². The number of hydrogen-bond acceptors (Lipinski definition) is 4. The fourth-order valence-corrected chi connectivity index (χ4v) is 2.24. The van der Waals surface area contributed by atoms with Gasteiger partial charge in [-0.2, -0.15) is 0 Å². The van der Waals surface area contributed by atoms with Crippen molar-refractivity contribution in [2.45, 2.75) is 12.8 Å². The van der Waals surface area contributed by atoms with Crippen LogP contribution < -0.4 is 10.6 Å². The van der Waals surface area contributed by atoms with Crippen molar-refractivity contribution in [2.75, 3.05) is 23.7 Å². The van der Waals surface area contributed by atoms with Gasteiger partial charge in [-0.15, -0.1) is 0 Å². The normalized spacial score (nSPS) is 15.7. The fraction of sp³-hybridized carbons (Fsp3) is 0.333. The van der Waals surface area contributed by atoms with Gasteiger partial charge < -0.3 is 10.6 Å². The minimum atomic E-state index is -0.238. The first-order valence-electron chi connectivity index (χ1n) is 5.71. The van der Waals surface area contributed by atoms with Crippen LogP contribution in [-0.2, 0) is 0 Å². The number of benzene rings is 1. The SMILES string of the molecule is Nc1cnc2cc(F)c(N3CCCC3)cc2n1. The third-order valence-corrected chi connectivity index (χ3v) is 3.08. The predicted octanol–water partition coefficient (Wildman–Crippen LogP) is 1.95. The zero-order chi connectivity index (χ0) is 11.8. The average Bonchev–Trinajstić information content (AvgIpc) is 2.82. The lowest BCUT2D eigenvalue weighted by molar-refractivity contribution is 0.624. The lowest BCUT2D eigenvalue weighted by atomic mass is 10.2. The van der Waals surface area contributed by atoms with Gasteiger partial charge in [-0.1, -0.05) is 0 Å². The molecule has 1 fully saturated rings. The first-order chi connectivity index (χ1) is 8.24. The van der Waals surface area contributed by atoms with Crippen molar-refractivity contribution >= 4 is 22.5 Å². The summed E-state index contributed by atoms with van der Waals surface area (Å²) in [5.74, 6) is 0.120. The van der Waals surface area contributed by atoms with E-state index in [2.05, 4.69) is 9.97 Å². The molecule has 0 spiro atoms. The van der Waals surface area contributed by atoms with E-state index < -0.39 is 0 Å². The van der Waals surface area contributed by atoms with Crippen molar-refractivity contribution in [1.82, 2.24) is 9.97 Å². The van der Waals surface area contributed by atoms with Crippen LogP contribution in [0.5, 0.6) is 0 Å². The van der Waals surface area contributed by atoms with Gasteiger partial charge in [0.15, 0.2) is 0 Å². The highest BCUT2D eigenvalue weighted by Gasteiger charge is 2.17. The zero-order valence-electron chi connectivity index (χ0n) is 9.36. The third-order valence-electron chi connectivity index (χ3n) is 3.08. The summed E-state index contributed by atoms with van der Waals surface area (Å²) in [6.07, 6.45) is 3.66. The second-order valence-electron chi connectivity index (χ2n) is 4.28. The molecule has 1 aliphatic heterocycles. The Morgan fingerprint density at radius 1 is 1.18 bits per heavy atom. The number of nitrogens with two attached hydrogens (primary N) is 1. The van der Waals surface area contributed by atoms with E-state index in [1.807, 2.05) is 4.90 Å². The molecule has 5 heteroatoms. The molecular weight excluding hydrogens is 219 g/mol. The summed E-state index contributed by atoms with van der Waals surface area (Å²) >= 11 is 0. The van der Waals surface area contributed by atoms with E-state index in [9.17, 15) is 4.39 Å². The van der Waals surface area contributed by atoms with Gasteiger partial charge in [0.25, 0.3) is 0 Å². The number of rotatable bonds is 1. The molecule has 0 aliphatic carbocycles. The van der Waals surface area contributed by atoms with Crippen LogP contribution >= 0.6 is 0 Å². The van der Waals surface area contributed by atoms with E-state index in [0.717, 1.165) is 25.9 Å². The minimum absolute atomic E-state index is 0.238. The lowest BCUT2D eigenvalue weighted by Crippen LogP contribution is -2.19. The van der Waals surface area contributed by atoms with E-state index in [1.54, 1.807) is 6.07 Å². The largest absolute Gasteiger partial charge is 0.382 e. The highest BCUT2D eigenvalue weighted by molar-refractivity contribution is 5.80. The second-order valence-corrected chi connectivity index (χ2v) is 4.28. The monoisotopic (exact) mass is 232 g/mol. The van der Waals surface area contributed by atoms with Crippen molar-refractivity contribution in [1.29, 1.82) is 0 Å². The van der Waals surface area contributed by atoms with Crippen molar-refractivity contribution < 1.29 is 4.39 Å². The lowest BCUT2D eigenvalue weighted by Gasteiger charge is -2.18. The molecule has 1 saturated heterocycles. The molecule has 1 aromatic heterocycles. The van der Waals surface area contributed by atoms with Gasteiger partial charge in [0.2, 0.25) is 0 Å². The van der Waals surface area contributed by atoms with Crippen molar-refractivity contribution in [2.24, 2.45) is 0 Å². The second kappa shape index (κ2) is 3.84. The first kappa shape index (κ1) is 10.3. The molecule has 0 unspecified atom stereocenters. The summed E-state index contributed by atoms with van der Waals surface area (Å²) < 4.78 is 13.9. The number of nitrogen functional groups attached to an aromatic ring is 1. The van der Waals surface area contributed by atoms with Crippen LogP contribution in [0.3, 0.4) is 0 Å². The van der Waals surface area contributed by atoms with Crippen LogP contribution in [0, 0.1) is 5.82 Å². The molecule has 1 aliphatic rings. The number of anilines is 2. The Morgan fingerprint density at radius 2 is 1.94 bits per heavy atom. The van der Waals surface area contributed by atoms with Gasteiger partial charge in [-0.05, 0) is 18.9 Å². The van der Waals surface area contributed by atoms with Crippen LogP contribution in [0.25, 0.3) is 11.0 Å². The molecule has 0 bridgehead atoms. The summed E-state index contributed by atoms with van der Waals surface area (Å²) in [5.41, 5.74) is 7.38. The van der Waals surface area contributed by atoms with E-state index in [0.29, 0.717) is 22.5 Å². The van der Waals surface area contributed by atoms with E-state index in [-0.39, 0.29) is 5.82 Å². The zero-order valence-corrected chi connectivity index (χ0v) is 9.36. The Labute approximate surface area is 98.3 Å². The summed E-state index contributed by atoms with van der Waals surface area (Å²) in [4.78, 5) is 10.3. The Hall–Kier alpha value is -1.91. The summed E-state index contributed by atoms with van der Waals surface area (Å²) in [6.45, 7) is 1.80. The Balaban J connectivity index is 2.14. The average molecular weight is 232 g/mol. The van der Waals surface area contributed by atoms with Crippen LogP contribution in [0.4, 0.5) is 15.9 Å². The molecule has 2 heterocycles. The summed E-state index contributed by atoms with van der Waals surface area (Å²) in [5, 5.41) is 0. The smallest absolute Gasteiger partial charge is 0.148 e. The molecule has 4 nitrogen and oxygen atoms in total. The maximum absolute atomic E-state index is 13.9. The maximum atomic E-state index is 13.9. The molecule has 17 heavy (non-hydrogen) atoms.